The third-order valence-electron chi connectivity index (χ3n) is 7.84. The van der Waals surface area contributed by atoms with E-state index < -0.39 is 22.5 Å². The Kier molecular flexibility index (Phi) is 10.2. The average Bonchev–Trinajstić information content (AvgIpc) is 2.77. The second-order valence-electron chi connectivity index (χ2n) is 9.86. The van der Waals surface area contributed by atoms with Crippen molar-refractivity contribution in [3.8, 4) is 0 Å². The minimum atomic E-state index is -0.919. The lowest BCUT2D eigenvalue weighted by molar-refractivity contribution is -1.09. The van der Waals surface area contributed by atoms with Gasteiger partial charge in [-0.05, 0) is 50.9 Å². The SMILES string of the molecule is CCC1CC[NH+](CC(=NNC2CCC([NH+]([O-])O)CC2[NH+]([O-])O)C2CCC(I)CC2)CC1. The van der Waals surface area contributed by atoms with E-state index >= 15 is 0 Å². The van der Waals surface area contributed by atoms with E-state index in [1.807, 2.05) is 0 Å². The Hall–Kier alpha value is -0.0800. The molecule has 5 unspecified atom stereocenters. The van der Waals surface area contributed by atoms with Gasteiger partial charge in [0.15, 0.2) is 0 Å². The van der Waals surface area contributed by atoms with Crippen LogP contribution in [0.3, 0.4) is 0 Å². The quantitative estimate of drug-likeness (QED) is 0.104. The zero-order valence-corrected chi connectivity index (χ0v) is 20.9. The van der Waals surface area contributed by atoms with E-state index in [0.29, 0.717) is 18.8 Å². The van der Waals surface area contributed by atoms with E-state index in [0.717, 1.165) is 29.2 Å². The number of quaternary nitrogens is 3. The zero-order valence-electron chi connectivity index (χ0n) is 18.7. The van der Waals surface area contributed by atoms with Gasteiger partial charge in [-0.2, -0.15) is 5.10 Å². The molecule has 10 heteroatoms. The predicted octanol–water partition coefficient (Wildman–Crippen LogP) is -0.536. The molecule has 0 amide bonds. The molecule has 6 N–H and O–H groups in total. The van der Waals surface area contributed by atoms with Gasteiger partial charge < -0.3 is 20.7 Å². The van der Waals surface area contributed by atoms with Crippen molar-refractivity contribution >= 4 is 28.3 Å². The second-order valence-corrected chi connectivity index (χ2v) is 11.6. The van der Waals surface area contributed by atoms with Crippen molar-refractivity contribution in [2.24, 2.45) is 16.9 Å². The first-order valence-corrected chi connectivity index (χ1v) is 13.4. The summed E-state index contributed by atoms with van der Waals surface area (Å²) in [6, 6.07) is -1.55. The van der Waals surface area contributed by atoms with Crippen molar-refractivity contribution in [1.29, 1.82) is 0 Å². The van der Waals surface area contributed by atoms with Crippen molar-refractivity contribution in [2.45, 2.75) is 93.2 Å². The molecule has 0 aromatic heterocycles. The fourth-order valence-corrected chi connectivity index (χ4v) is 6.30. The molecule has 0 bridgehead atoms. The highest BCUT2D eigenvalue weighted by molar-refractivity contribution is 14.1. The number of hydrogen-bond donors (Lipinski definition) is 6. The van der Waals surface area contributed by atoms with Gasteiger partial charge in [0, 0.05) is 16.3 Å². The molecule has 0 aromatic rings. The first-order chi connectivity index (χ1) is 14.9. The van der Waals surface area contributed by atoms with Gasteiger partial charge >= 0.3 is 0 Å². The number of hydroxylamine groups is 4. The molecule has 0 spiro atoms. The normalized spacial score (nSPS) is 39.7. The monoisotopic (exact) mass is 554 g/mol. The number of likely N-dealkylation sites (tertiary alicyclic amines) is 1. The van der Waals surface area contributed by atoms with Crippen LogP contribution in [0.15, 0.2) is 5.10 Å². The van der Waals surface area contributed by atoms with E-state index in [2.05, 4.69) is 34.9 Å². The Bertz CT molecular complexity index is 566. The molecule has 9 nitrogen and oxygen atoms in total. The summed E-state index contributed by atoms with van der Waals surface area (Å²) in [7, 11) is 0. The number of rotatable bonds is 8. The number of nitrogens with zero attached hydrogens (tertiary/aromatic N) is 1. The van der Waals surface area contributed by atoms with E-state index in [4.69, 9.17) is 5.10 Å². The highest BCUT2D eigenvalue weighted by Crippen LogP contribution is 2.30. The van der Waals surface area contributed by atoms with Crippen LogP contribution in [-0.2, 0) is 0 Å². The van der Waals surface area contributed by atoms with Crippen LogP contribution >= 0.6 is 22.6 Å². The van der Waals surface area contributed by atoms with Gasteiger partial charge in [-0.1, -0.05) is 35.9 Å². The van der Waals surface area contributed by atoms with Gasteiger partial charge in [-0.25, -0.2) is 20.9 Å². The molecule has 2 aliphatic carbocycles. The van der Waals surface area contributed by atoms with Crippen molar-refractivity contribution in [2.75, 3.05) is 19.6 Å². The molecule has 180 valence electrons. The van der Waals surface area contributed by atoms with Gasteiger partial charge in [0.2, 0.25) is 0 Å². The molecule has 3 aliphatic rings. The van der Waals surface area contributed by atoms with E-state index in [9.17, 15) is 20.8 Å². The highest BCUT2D eigenvalue weighted by atomic mass is 127. The Labute approximate surface area is 199 Å². The van der Waals surface area contributed by atoms with Crippen molar-refractivity contribution < 1.29 is 25.8 Å². The molecule has 1 heterocycles. The van der Waals surface area contributed by atoms with Crippen LogP contribution in [0, 0.1) is 22.3 Å². The topological polar surface area (TPSA) is 124 Å². The standard InChI is InChI=1S/C21H40IN5O4/c1-2-15-9-11-25(12-10-15)14-20(16-3-5-17(22)6-4-16)24-23-19-8-7-18(26(28)29)13-21(19)27(30)31/h15-19,21,23,26-28,30H,2-14H2,1H3/p+1. The fraction of sp³-hybridized carbons (Fsp3) is 0.952. The van der Waals surface area contributed by atoms with E-state index in [1.54, 1.807) is 4.90 Å². The molecule has 31 heavy (non-hydrogen) atoms. The van der Waals surface area contributed by atoms with Gasteiger partial charge in [-0.3, -0.25) is 0 Å². The average molecular weight is 554 g/mol. The number of halogens is 1. The summed E-state index contributed by atoms with van der Waals surface area (Å²) in [6.07, 6.45) is 9.84. The van der Waals surface area contributed by atoms with Crippen LogP contribution in [0.2, 0.25) is 0 Å². The number of piperidine rings is 1. The summed E-state index contributed by atoms with van der Waals surface area (Å²) in [5, 5.41) is 45.2. The van der Waals surface area contributed by atoms with Crippen LogP contribution in [0.5, 0.6) is 0 Å². The van der Waals surface area contributed by atoms with Crippen LogP contribution in [0.4, 0.5) is 0 Å². The van der Waals surface area contributed by atoms with E-state index in [-0.39, 0.29) is 12.5 Å². The van der Waals surface area contributed by atoms with Crippen LogP contribution in [0.1, 0.15) is 71.1 Å². The molecule has 2 saturated carbocycles. The minimum absolute atomic E-state index is 0.183. The maximum Gasteiger partial charge on any atom is 0.144 e. The second kappa shape index (κ2) is 12.4. The summed E-state index contributed by atoms with van der Waals surface area (Å²) >= 11 is 2.55. The van der Waals surface area contributed by atoms with Crippen molar-refractivity contribution in [3.63, 3.8) is 0 Å². The van der Waals surface area contributed by atoms with Crippen LogP contribution in [-0.4, -0.2) is 57.8 Å². The first-order valence-electron chi connectivity index (χ1n) is 12.1. The third-order valence-corrected chi connectivity index (χ3v) is 9.09. The van der Waals surface area contributed by atoms with Crippen molar-refractivity contribution in [1.82, 2.24) is 5.43 Å². The van der Waals surface area contributed by atoms with Crippen LogP contribution in [0.25, 0.3) is 0 Å². The highest BCUT2D eigenvalue weighted by Gasteiger charge is 2.38. The smallest absolute Gasteiger partial charge is 0.144 e. The molecule has 0 radical (unpaired) electrons. The number of hydrazone groups is 1. The Morgan fingerprint density at radius 1 is 1.03 bits per heavy atom. The summed E-state index contributed by atoms with van der Waals surface area (Å²) < 4.78 is 0.749. The van der Waals surface area contributed by atoms with Crippen molar-refractivity contribution in [3.05, 3.63) is 10.4 Å². The Morgan fingerprint density at radius 3 is 2.29 bits per heavy atom. The lowest BCUT2D eigenvalue weighted by atomic mass is 9.85. The molecule has 1 saturated heterocycles. The summed E-state index contributed by atoms with van der Waals surface area (Å²) in [6.45, 7) is 5.62. The molecule has 1 aliphatic heterocycles. The molecule has 3 fully saturated rings. The summed E-state index contributed by atoms with van der Waals surface area (Å²) in [5.74, 6) is 1.34. The maximum atomic E-state index is 11.8. The number of hydrogen-bond acceptors (Lipinski definition) is 6. The largest absolute Gasteiger partial charge is 0.600 e. The molecule has 0 aromatic carbocycles. The summed E-state index contributed by atoms with van der Waals surface area (Å²) in [5.41, 5.74) is 4.44. The lowest BCUT2D eigenvalue weighted by Gasteiger charge is -2.39. The Morgan fingerprint density at radius 2 is 1.71 bits per heavy atom. The zero-order chi connectivity index (χ0) is 22.4. The van der Waals surface area contributed by atoms with Gasteiger partial charge in [0.1, 0.15) is 18.6 Å². The van der Waals surface area contributed by atoms with Gasteiger partial charge in [0.25, 0.3) is 0 Å². The molecule has 5 atom stereocenters. The fourth-order valence-electron chi connectivity index (χ4n) is 5.58. The minimum Gasteiger partial charge on any atom is -0.600 e. The van der Waals surface area contributed by atoms with Crippen LogP contribution < -0.4 is 20.8 Å². The molecule has 3 rings (SSSR count). The first kappa shape index (κ1) is 25.5. The molecular formula is C21H41IN5O4+. The Balaban J connectivity index is 1.66. The number of alkyl halides is 1. The van der Waals surface area contributed by atoms with E-state index in [1.165, 1.54) is 50.9 Å². The van der Waals surface area contributed by atoms with Gasteiger partial charge in [0.05, 0.1) is 31.3 Å². The lowest BCUT2D eigenvalue weighted by Crippen LogP contribution is -3.15. The maximum absolute atomic E-state index is 11.8. The van der Waals surface area contributed by atoms with Gasteiger partial charge in [-0.15, -0.1) is 0 Å². The third kappa shape index (κ3) is 7.46. The molecular weight excluding hydrogens is 513 g/mol. The number of nitrogens with one attached hydrogen (secondary N) is 4. The predicted molar refractivity (Wildman–Crippen MR) is 126 cm³/mol. The summed E-state index contributed by atoms with van der Waals surface area (Å²) in [4.78, 5) is 1.60.